The molecule has 110 valence electrons. The minimum absolute atomic E-state index is 0.0505. The Balaban J connectivity index is 1.70. The van der Waals surface area contributed by atoms with Crippen LogP contribution >= 0.6 is 11.6 Å². The van der Waals surface area contributed by atoms with E-state index in [0.717, 1.165) is 22.6 Å². The third kappa shape index (κ3) is 3.06. The zero-order valence-electron chi connectivity index (χ0n) is 11.6. The third-order valence-electron chi connectivity index (χ3n) is 3.31. The minimum Gasteiger partial charge on any atom is -0.487 e. The topological polar surface area (TPSA) is 53.7 Å². The molecule has 4 nitrogen and oxygen atoms in total. The van der Waals surface area contributed by atoms with E-state index in [1.807, 2.05) is 43.3 Å². The van der Waals surface area contributed by atoms with E-state index in [0.29, 0.717) is 17.4 Å². The highest BCUT2D eigenvalue weighted by molar-refractivity contribution is 6.32. The monoisotopic (exact) mass is 305 g/mol. The molecule has 3 rings (SSSR count). The number of nitrogens with two attached hydrogens (primary N) is 1. The van der Waals surface area contributed by atoms with Crippen LogP contribution in [-0.4, -0.2) is 6.79 Å². The maximum Gasteiger partial charge on any atom is 0.231 e. The summed E-state index contributed by atoms with van der Waals surface area (Å²) in [6.07, 6.45) is 0. The summed E-state index contributed by atoms with van der Waals surface area (Å²) >= 11 is 6.21. The van der Waals surface area contributed by atoms with Gasteiger partial charge in [0.2, 0.25) is 6.79 Å². The standard InChI is InChI=1S/C16H16ClNO3/c1-10(18)12-3-5-14(13(17)7-12)19-8-11-2-4-15-16(6-11)21-9-20-15/h2-7,10H,8-9,18H2,1H3/t10-/m1/s1. The number of ether oxygens (including phenoxy) is 3. The fourth-order valence-corrected chi connectivity index (χ4v) is 2.35. The molecular formula is C16H16ClNO3. The van der Waals surface area contributed by atoms with E-state index in [2.05, 4.69) is 0 Å². The number of rotatable bonds is 4. The van der Waals surface area contributed by atoms with Crippen LogP contribution in [0.25, 0.3) is 0 Å². The Hall–Kier alpha value is -1.91. The summed E-state index contributed by atoms with van der Waals surface area (Å²) in [5.74, 6) is 2.14. The van der Waals surface area contributed by atoms with Gasteiger partial charge in [-0.25, -0.2) is 0 Å². The molecule has 0 unspecified atom stereocenters. The number of halogens is 1. The lowest BCUT2D eigenvalue weighted by molar-refractivity contribution is 0.174. The van der Waals surface area contributed by atoms with Crippen LogP contribution in [0.5, 0.6) is 17.2 Å². The molecule has 2 N–H and O–H groups in total. The quantitative estimate of drug-likeness (QED) is 0.936. The molecular weight excluding hydrogens is 290 g/mol. The smallest absolute Gasteiger partial charge is 0.231 e. The average Bonchev–Trinajstić information content (AvgIpc) is 2.93. The summed E-state index contributed by atoms with van der Waals surface area (Å²) < 4.78 is 16.4. The average molecular weight is 306 g/mol. The predicted molar refractivity (Wildman–Crippen MR) is 81.0 cm³/mol. The molecule has 0 fully saturated rings. The van der Waals surface area contributed by atoms with Crippen molar-refractivity contribution in [1.82, 2.24) is 0 Å². The predicted octanol–water partition coefficient (Wildman–Crippen LogP) is 3.67. The Labute approximate surface area is 128 Å². The first-order chi connectivity index (χ1) is 10.1. The largest absolute Gasteiger partial charge is 0.487 e. The lowest BCUT2D eigenvalue weighted by atomic mass is 10.1. The Kier molecular flexibility index (Phi) is 3.90. The Morgan fingerprint density at radius 1 is 1.19 bits per heavy atom. The molecule has 0 amide bonds. The van der Waals surface area contributed by atoms with Crippen LogP contribution in [0.15, 0.2) is 36.4 Å². The van der Waals surface area contributed by atoms with Crippen molar-refractivity contribution in [3.05, 3.63) is 52.5 Å². The van der Waals surface area contributed by atoms with E-state index < -0.39 is 0 Å². The summed E-state index contributed by atoms with van der Waals surface area (Å²) in [7, 11) is 0. The molecule has 0 saturated heterocycles. The molecule has 0 saturated carbocycles. The van der Waals surface area contributed by atoms with Gasteiger partial charge >= 0.3 is 0 Å². The Morgan fingerprint density at radius 3 is 2.76 bits per heavy atom. The van der Waals surface area contributed by atoms with Crippen molar-refractivity contribution in [2.24, 2.45) is 5.73 Å². The van der Waals surface area contributed by atoms with E-state index in [-0.39, 0.29) is 12.8 Å². The second-order valence-electron chi connectivity index (χ2n) is 4.95. The van der Waals surface area contributed by atoms with Crippen LogP contribution in [0.1, 0.15) is 24.1 Å². The van der Waals surface area contributed by atoms with Crippen molar-refractivity contribution in [3.8, 4) is 17.2 Å². The molecule has 1 atom stereocenters. The first kappa shape index (κ1) is 14.0. The fraction of sp³-hybridized carbons (Fsp3) is 0.250. The van der Waals surface area contributed by atoms with Gasteiger partial charge in [-0.15, -0.1) is 0 Å². The lowest BCUT2D eigenvalue weighted by Gasteiger charge is -2.11. The van der Waals surface area contributed by atoms with Crippen molar-refractivity contribution in [1.29, 1.82) is 0 Å². The van der Waals surface area contributed by atoms with Crippen LogP contribution in [0.4, 0.5) is 0 Å². The second-order valence-corrected chi connectivity index (χ2v) is 5.36. The van der Waals surface area contributed by atoms with Crippen LogP contribution in [-0.2, 0) is 6.61 Å². The van der Waals surface area contributed by atoms with Gasteiger partial charge in [-0.1, -0.05) is 23.7 Å². The molecule has 2 aromatic carbocycles. The van der Waals surface area contributed by atoms with Gasteiger partial charge in [0.05, 0.1) is 5.02 Å². The zero-order valence-corrected chi connectivity index (χ0v) is 12.4. The summed E-state index contributed by atoms with van der Waals surface area (Å²) in [4.78, 5) is 0. The van der Waals surface area contributed by atoms with Crippen LogP contribution < -0.4 is 19.9 Å². The highest BCUT2D eigenvalue weighted by atomic mass is 35.5. The van der Waals surface area contributed by atoms with Crippen molar-refractivity contribution in [2.75, 3.05) is 6.79 Å². The first-order valence-electron chi connectivity index (χ1n) is 6.70. The number of benzene rings is 2. The number of hydrogen-bond acceptors (Lipinski definition) is 4. The van der Waals surface area contributed by atoms with Gasteiger partial charge in [-0.3, -0.25) is 0 Å². The lowest BCUT2D eigenvalue weighted by Crippen LogP contribution is -2.05. The maximum atomic E-state index is 6.21. The molecule has 1 aliphatic heterocycles. The van der Waals surface area contributed by atoms with Gasteiger partial charge in [0.1, 0.15) is 12.4 Å². The molecule has 5 heteroatoms. The van der Waals surface area contributed by atoms with Gasteiger partial charge in [-0.05, 0) is 42.3 Å². The van der Waals surface area contributed by atoms with Gasteiger partial charge in [-0.2, -0.15) is 0 Å². The molecule has 2 aromatic rings. The van der Waals surface area contributed by atoms with Crippen LogP contribution in [0.2, 0.25) is 5.02 Å². The Bertz CT molecular complexity index is 658. The van der Waals surface area contributed by atoms with E-state index in [1.54, 1.807) is 0 Å². The normalized spacial score (nSPS) is 14.0. The zero-order chi connectivity index (χ0) is 14.8. The summed E-state index contributed by atoms with van der Waals surface area (Å²) in [5.41, 5.74) is 7.80. The number of fused-ring (bicyclic) bond motifs is 1. The summed E-state index contributed by atoms with van der Waals surface area (Å²) in [5, 5.41) is 0.561. The fourth-order valence-electron chi connectivity index (χ4n) is 2.11. The number of hydrogen-bond donors (Lipinski definition) is 1. The van der Waals surface area contributed by atoms with Crippen LogP contribution in [0.3, 0.4) is 0 Å². The molecule has 0 radical (unpaired) electrons. The van der Waals surface area contributed by atoms with E-state index in [1.165, 1.54) is 0 Å². The van der Waals surface area contributed by atoms with Gasteiger partial charge in [0, 0.05) is 6.04 Å². The molecule has 1 heterocycles. The molecule has 0 aliphatic carbocycles. The van der Waals surface area contributed by atoms with Crippen molar-refractivity contribution < 1.29 is 14.2 Å². The highest BCUT2D eigenvalue weighted by Gasteiger charge is 2.13. The molecule has 0 aromatic heterocycles. The van der Waals surface area contributed by atoms with Gasteiger partial charge in [0.15, 0.2) is 11.5 Å². The van der Waals surface area contributed by atoms with Crippen molar-refractivity contribution >= 4 is 11.6 Å². The van der Waals surface area contributed by atoms with Crippen molar-refractivity contribution in [3.63, 3.8) is 0 Å². The molecule has 1 aliphatic rings. The maximum absolute atomic E-state index is 6.21. The third-order valence-corrected chi connectivity index (χ3v) is 3.61. The van der Waals surface area contributed by atoms with Gasteiger partial charge in [0.25, 0.3) is 0 Å². The van der Waals surface area contributed by atoms with E-state index >= 15 is 0 Å². The summed E-state index contributed by atoms with van der Waals surface area (Å²) in [6, 6.07) is 11.3. The van der Waals surface area contributed by atoms with Crippen LogP contribution in [0, 0.1) is 0 Å². The highest BCUT2D eigenvalue weighted by Crippen LogP contribution is 2.33. The van der Waals surface area contributed by atoms with Crippen molar-refractivity contribution in [2.45, 2.75) is 19.6 Å². The summed E-state index contributed by atoms with van der Waals surface area (Å²) in [6.45, 7) is 2.59. The molecule has 0 spiro atoms. The van der Waals surface area contributed by atoms with E-state index in [4.69, 9.17) is 31.5 Å². The molecule has 21 heavy (non-hydrogen) atoms. The Morgan fingerprint density at radius 2 is 2.00 bits per heavy atom. The molecule has 0 bridgehead atoms. The van der Waals surface area contributed by atoms with E-state index in [9.17, 15) is 0 Å². The minimum atomic E-state index is -0.0505. The SMILES string of the molecule is C[C@@H](N)c1ccc(OCc2ccc3c(c2)OCO3)c(Cl)c1. The second kappa shape index (κ2) is 5.84. The first-order valence-corrected chi connectivity index (χ1v) is 7.07. The van der Waals surface area contributed by atoms with Gasteiger partial charge < -0.3 is 19.9 Å².